The first-order chi connectivity index (χ1) is 6.31. The van der Waals surface area contributed by atoms with E-state index in [4.69, 9.17) is 6.42 Å². The minimum absolute atomic E-state index is 0.475. The lowest BCUT2D eigenvalue weighted by Crippen LogP contribution is -1.90. The van der Waals surface area contributed by atoms with Crippen molar-refractivity contribution in [1.82, 2.24) is 0 Å². The molecule has 1 unspecified atom stereocenters. The molecule has 0 N–H and O–H groups in total. The molecule has 1 heteroatoms. The second-order valence-electron chi connectivity index (χ2n) is 3.53. The van der Waals surface area contributed by atoms with Gasteiger partial charge in [-0.15, -0.1) is 12.3 Å². The van der Waals surface area contributed by atoms with E-state index in [0.717, 1.165) is 0 Å². The maximum absolute atomic E-state index is 5.30. The Balaban J connectivity index is 2.96. The van der Waals surface area contributed by atoms with E-state index in [9.17, 15) is 0 Å². The highest BCUT2D eigenvalue weighted by Crippen LogP contribution is 2.11. The van der Waals surface area contributed by atoms with Gasteiger partial charge in [0.05, 0.1) is 0 Å². The third-order valence-electron chi connectivity index (χ3n) is 2.06. The molecule has 0 heterocycles. The van der Waals surface area contributed by atoms with Gasteiger partial charge in [-0.3, -0.25) is 0 Å². The van der Waals surface area contributed by atoms with Crippen LogP contribution in [0.25, 0.3) is 0 Å². The Morgan fingerprint density at radius 1 is 1.23 bits per heavy atom. The Labute approximate surface area is 87.9 Å². The lowest BCUT2D eigenvalue weighted by atomic mass is 10.0. The highest BCUT2D eigenvalue weighted by molar-refractivity contribution is 7.99. The lowest BCUT2D eigenvalue weighted by Gasteiger charge is -2.03. The minimum atomic E-state index is 0.475. The Morgan fingerprint density at radius 2 is 2.00 bits per heavy atom. The van der Waals surface area contributed by atoms with E-state index in [-0.39, 0.29) is 0 Å². The Hall–Kier alpha value is -0.0900. The van der Waals surface area contributed by atoms with Crippen molar-refractivity contribution in [2.45, 2.75) is 46.0 Å². The molecular formula is C12H22S. The van der Waals surface area contributed by atoms with Crippen LogP contribution in [0.1, 0.15) is 46.0 Å². The van der Waals surface area contributed by atoms with E-state index in [1.807, 2.05) is 0 Å². The fraction of sp³-hybridized carbons (Fsp3) is 0.833. The van der Waals surface area contributed by atoms with Crippen molar-refractivity contribution < 1.29 is 0 Å². The van der Waals surface area contributed by atoms with E-state index in [1.54, 1.807) is 0 Å². The van der Waals surface area contributed by atoms with Gasteiger partial charge in [0.2, 0.25) is 0 Å². The van der Waals surface area contributed by atoms with Crippen molar-refractivity contribution in [2.24, 2.45) is 5.92 Å². The molecule has 0 bridgehead atoms. The second-order valence-corrected chi connectivity index (χ2v) is 4.75. The maximum atomic E-state index is 5.30. The summed E-state index contributed by atoms with van der Waals surface area (Å²) < 4.78 is 0. The zero-order chi connectivity index (χ0) is 9.94. The molecule has 0 saturated carbocycles. The third kappa shape index (κ3) is 9.83. The first kappa shape index (κ1) is 12.9. The van der Waals surface area contributed by atoms with Gasteiger partial charge in [-0.2, -0.15) is 11.8 Å². The molecule has 0 nitrogen and oxygen atoms in total. The van der Waals surface area contributed by atoms with Crippen LogP contribution in [0, 0.1) is 18.3 Å². The topological polar surface area (TPSA) is 0 Å². The Bertz CT molecular complexity index is 135. The smallest absolute Gasteiger partial charge is 0.0171 e. The Kier molecular flexibility index (Phi) is 9.92. The number of hydrogen-bond donors (Lipinski definition) is 0. The lowest BCUT2D eigenvalue weighted by molar-refractivity contribution is 0.590. The first-order valence-corrected chi connectivity index (χ1v) is 6.50. The van der Waals surface area contributed by atoms with Crippen LogP contribution < -0.4 is 0 Å². The first-order valence-electron chi connectivity index (χ1n) is 5.35. The monoisotopic (exact) mass is 198 g/mol. The van der Waals surface area contributed by atoms with Crippen molar-refractivity contribution in [3.05, 3.63) is 0 Å². The molecule has 0 aliphatic rings. The minimum Gasteiger partial charge on any atom is -0.162 e. The predicted octanol–water partition coefficient (Wildman–Crippen LogP) is 3.96. The average molecular weight is 198 g/mol. The molecule has 0 aromatic carbocycles. The summed E-state index contributed by atoms with van der Waals surface area (Å²) in [6, 6.07) is 0. The van der Waals surface area contributed by atoms with Gasteiger partial charge in [0.1, 0.15) is 0 Å². The van der Waals surface area contributed by atoms with Crippen LogP contribution in [0.5, 0.6) is 0 Å². The van der Waals surface area contributed by atoms with Gasteiger partial charge in [0, 0.05) is 5.92 Å². The normalized spacial score (nSPS) is 12.4. The van der Waals surface area contributed by atoms with Gasteiger partial charge in [-0.05, 0) is 30.8 Å². The van der Waals surface area contributed by atoms with E-state index in [0.29, 0.717) is 5.92 Å². The summed E-state index contributed by atoms with van der Waals surface area (Å²) in [5, 5.41) is 0. The standard InChI is InChI=1S/C12H22S/c1-4-10-13-11-8-6-7-9-12(3)5-2/h2,12H,4,6-11H2,1,3H3. The van der Waals surface area contributed by atoms with Gasteiger partial charge < -0.3 is 0 Å². The van der Waals surface area contributed by atoms with E-state index >= 15 is 0 Å². The summed E-state index contributed by atoms with van der Waals surface area (Å²) >= 11 is 2.08. The molecule has 0 fully saturated rings. The Morgan fingerprint density at radius 3 is 2.62 bits per heavy atom. The molecule has 76 valence electrons. The number of hydrogen-bond acceptors (Lipinski definition) is 1. The zero-order valence-corrected chi connectivity index (χ0v) is 9.83. The fourth-order valence-electron chi connectivity index (χ4n) is 1.16. The van der Waals surface area contributed by atoms with Crippen LogP contribution >= 0.6 is 11.8 Å². The van der Waals surface area contributed by atoms with Crippen molar-refractivity contribution in [3.8, 4) is 12.3 Å². The zero-order valence-electron chi connectivity index (χ0n) is 9.01. The molecule has 0 amide bonds. The van der Waals surface area contributed by atoms with E-state index in [2.05, 4.69) is 31.5 Å². The highest BCUT2D eigenvalue weighted by atomic mass is 32.2. The van der Waals surface area contributed by atoms with Crippen LogP contribution in [0.2, 0.25) is 0 Å². The van der Waals surface area contributed by atoms with Gasteiger partial charge in [-0.25, -0.2) is 0 Å². The molecule has 0 aromatic heterocycles. The molecule has 0 aliphatic heterocycles. The molecule has 0 aromatic rings. The number of rotatable bonds is 8. The highest BCUT2D eigenvalue weighted by Gasteiger charge is 1.96. The molecule has 0 aliphatic carbocycles. The van der Waals surface area contributed by atoms with Crippen molar-refractivity contribution in [2.75, 3.05) is 11.5 Å². The van der Waals surface area contributed by atoms with E-state index in [1.165, 1.54) is 43.6 Å². The number of terminal acetylenes is 1. The molecular weight excluding hydrogens is 176 g/mol. The SMILES string of the molecule is C#CC(C)CCCCCSCCC. The quantitative estimate of drug-likeness (QED) is 0.420. The molecule has 0 radical (unpaired) electrons. The largest absolute Gasteiger partial charge is 0.162 e. The molecule has 0 spiro atoms. The van der Waals surface area contributed by atoms with Gasteiger partial charge in [0.15, 0.2) is 0 Å². The summed E-state index contributed by atoms with van der Waals surface area (Å²) in [6.07, 6.45) is 11.8. The summed E-state index contributed by atoms with van der Waals surface area (Å²) in [5.41, 5.74) is 0. The van der Waals surface area contributed by atoms with Crippen LogP contribution in [0.15, 0.2) is 0 Å². The third-order valence-corrected chi connectivity index (χ3v) is 3.33. The average Bonchev–Trinajstić information content (AvgIpc) is 2.16. The maximum Gasteiger partial charge on any atom is 0.0171 e. The second kappa shape index (κ2) is 9.99. The summed E-state index contributed by atoms with van der Waals surface area (Å²) in [6.45, 7) is 4.37. The van der Waals surface area contributed by atoms with Gasteiger partial charge in [0.25, 0.3) is 0 Å². The molecule has 1 atom stereocenters. The fourth-order valence-corrected chi connectivity index (χ4v) is 2.06. The van der Waals surface area contributed by atoms with Crippen molar-refractivity contribution in [1.29, 1.82) is 0 Å². The molecule has 0 saturated heterocycles. The molecule has 13 heavy (non-hydrogen) atoms. The summed E-state index contributed by atoms with van der Waals surface area (Å²) in [4.78, 5) is 0. The van der Waals surface area contributed by atoms with Crippen LogP contribution in [0.4, 0.5) is 0 Å². The van der Waals surface area contributed by atoms with Crippen molar-refractivity contribution in [3.63, 3.8) is 0 Å². The van der Waals surface area contributed by atoms with Crippen LogP contribution in [0.3, 0.4) is 0 Å². The summed E-state index contributed by atoms with van der Waals surface area (Å²) in [7, 11) is 0. The van der Waals surface area contributed by atoms with Crippen LogP contribution in [-0.4, -0.2) is 11.5 Å². The van der Waals surface area contributed by atoms with E-state index < -0.39 is 0 Å². The number of thioether (sulfide) groups is 1. The number of unbranched alkanes of at least 4 members (excludes halogenated alkanes) is 2. The summed E-state index contributed by atoms with van der Waals surface area (Å²) in [5.74, 6) is 5.90. The van der Waals surface area contributed by atoms with Gasteiger partial charge >= 0.3 is 0 Å². The van der Waals surface area contributed by atoms with Crippen LogP contribution in [-0.2, 0) is 0 Å². The molecule has 0 rings (SSSR count). The van der Waals surface area contributed by atoms with Crippen molar-refractivity contribution >= 4 is 11.8 Å². The van der Waals surface area contributed by atoms with Gasteiger partial charge in [-0.1, -0.05) is 26.7 Å². The predicted molar refractivity (Wildman–Crippen MR) is 64.1 cm³/mol.